The van der Waals surface area contributed by atoms with Gasteiger partial charge in [-0.1, -0.05) is 12.1 Å². The zero-order valence-electron chi connectivity index (χ0n) is 9.97. The molecule has 102 valence electrons. The predicted octanol–water partition coefficient (Wildman–Crippen LogP) is 1.82. The fourth-order valence-electron chi connectivity index (χ4n) is 1.47. The highest BCUT2D eigenvalue weighted by Gasteiger charge is 2.15. The lowest BCUT2D eigenvalue weighted by atomic mass is 10.2. The molecule has 1 heterocycles. The van der Waals surface area contributed by atoms with Crippen molar-refractivity contribution in [3.63, 3.8) is 0 Å². The Hall–Kier alpha value is -1.28. The summed E-state index contributed by atoms with van der Waals surface area (Å²) in [6, 6.07) is 7.22. The van der Waals surface area contributed by atoms with Crippen LogP contribution in [0.5, 0.6) is 0 Å². The van der Waals surface area contributed by atoms with Crippen molar-refractivity contribution in [2.24, 2.45) is 5.73 Å². The van der Waals surface area contributed by atoms with Crippen LogP contribution in [0.25, 0.3) is 0 Å². The molecule has 0 fully saturated rings. The first-order valence-electron chi connectivity index (χ1n) is 5.53. The monoisotopic (exact) mass is 300 g/mol. The van der Waals surface area contributed by atoms with Gasteiger partial charge in [-0.2, -0.15) is 0 Å². The molecule has 0 amide bonds. The molecule has 0 saturated heterocycles. The molecule has 2 rings (SSSR count). The molecule has 0 aliphatic heterocycles. The number of hydrogen-bond acceptors (Lipinski definition) is 4. The van der Waals surface area contributed by atoms with Crippen molar-refractivity contribution in [2.75, 3.05) is 0 Å². The van der Waals surface area contributed by atoms with E-state index in [-0.39, 0.29) is 17.3 Å². The van der Waals surface area contributed by atoms with Crippen molar-refractivity contribution >= 4 is 21.4 Å². The molecule has 0 atom stereocenters. The number of nitrogens with two attached hydrogens (primary N) is 1. The largest absolute Gasteiger partial charge is 0.326 e. The quantitative estimate of drug-likeness (QED) is 0.885. The molecule has 2 aromatic rings. The molecular formula is C12H13FN2O2S2. The van der Waals surface area contributed by atoms with Crippen LogP contribution in [0.3, 0.4) is 0 Å². The van der Waals surface area contributed by atoms with Crippen molar-refractivity contribution in [1.29, 1.82) is 0 Å². The zero-order chi connectivity index (χ0) is 13.9. The van der Waals surface area contributed by atoms with Crippen LogP contribution in [0.1, 0.15) is 10.4 Å². The first kappa shape index (κ1) is 14.1. The molecule has 4 nitrogen and oxygen atoms in total. The van der Waals surface area contributed by atoms with Crippen LogP contribution >= 0.6 is 11.3 Å². The molecule has 3 N–H and O–H groups in total. The standard InChI is InChI=1S/C12H13FN2O2S2/c13-10-3-1-9(2-4-10)7-15-19(16,17)12-5-11(6-14)18-8-12/h1-5,8,15H,6-7,14H2. The summed E-state index contributed by atoms with van der Waals surface area (Å²) in [7, 11) is -3.55. The average Bonchev–Trinajstić information content (AvgIpc) is 2.88. The van der Waals surface area contributed by atoms with E-state index >= 15 is 0 Å². The molecule has 0 radical (unpaired) electrons. The smallest absolute Gasteiger partial charge is 0.241 e. The van der Waals surface area contributed by atoms with Crippen LogP contribution in [0.4, 0.5) is 4.39 Å². The molecule has 1 aromatic heterocycles. The van der Waals surface area contributed by atoms with Gasteiger partial charge in [0.1, 0.15) is 5.82 Å². The van der Waals surface area contributed by atoms with E-state index in [2.05, 4.69) is 4.72 Å². The molecule has 7 heteroatoms. The number of rotatable bonds is 5. The van der Waals surface area contributed by atoms with Crippen LogP contribution in [0.15, 0.2) is 40.6 Å². The van der Waals surface area contributed by atoms with Gasteiger partial charge < -0.3 is 5.73 Å². The third-order valence-corrected chi connectivity index (χ3v) is 5.01. The first-order chi connectivity index (χ1) is 9.01. The van der Waals surface area contributed by atoms with Gasteiger partial charge in [-0.3, -0.25) is 0 Å². The predicted molar refractivity (Wildman–Crippen MR) is 72.6 cm³/mol. The van der Waals surface area contributed by atoms with Gasteiger partial charge in [-0.05, 0) is 23.8 Å². The Kier molecular flexibility index (Phi) is 4.31. The molecule has 0 bridgehead atoms. The molecule has 0 unspecified atom stereocenters. The van der Waals surface area contributed by atoms with E-state index in [4.69, 9.17) is 5.73 Å². The Morgan fingerprint density at radius 2 is 1.95 bits per heavy atom. The SMILES string of the molecule is NCc1cc(S(=O)(=O)NCc2ccc(F)cc2)cs1. The summed E-state index contributed by atoms with van der Waals surface area (Å²) in [4.78, 5) is 1.02. The molecule has 0 spiro atoms. The molecule has 0 saturated carbocycles. The zero-order valence-corrected chi connectivity index (χ0v) is 11.6. The van der Waals surface area contributed by atoms with E-state index in [1.807, 2.05) is 0 Å². The highest BCUT2D eigenvalue weighted by Crippen LogP contribution is 2.18. The fourth-order valence-corrected chi connectivity index (χ4v) is 3.65. The van der Waals surface area contributed by atoms with Gasteiger partial charge in [0.25, 0.3) is 0 Å². The number of nitrogens with one attached hydrogen (secondary N) is 1. The first-order valence-corrected chi connectivity index (χ1v) is 7.89. The van der Waals surface area contributed by atoms with E-state index in [1.54, 1.807) is 11.4 Å². The second-order valence-corrected chi connectivity index (χ2v) is 6.67. The average molecular weight is 300 g/mol. The Bertz CT molecular complexity index is 651. The lowest BCUT2D eigenvalue weighted by molar-refractivity contribution is 0.581. The maximum atomic E-state index is 12.7. The fraction of sp³-hybridized carbons (Fsp3) is 0.167. The number of halogens is 1. The van der Waals surface area contributed by atoms with Crippen LogP contribution in [0, 0.1) is 5.82 Å². The maximum absolute atomic E-state index is 12.7. The second kappa shape index (κ2) is 5.79. The highest BCUT2D eigenvalue weighted by atomic mass is 32.2. The Morgan fingerprint density at radius 3 is 2.53 bits per heavy atom. The third kappa shape index (κ3) is 3.60. The normalized spacial score (nSPS) is 11.7. The van der Waals surface area contributed by atoms with Crippen molar-refractivity contribution in [3.05, 3.63) is 52.0 Å². The number of sulfonamides is 1. The minimum atomic E-state index is -3.55. The van der Waals surface area contributed by atoms with E-state index in [0.717, 1.165) is 4.88 Å². The van der Waals surface area contributed by atoms with E-state index < -0.39 is 10.0 Å². The van der Waals surface area contributed by atoms with E-state index in [0.29, 0.717) is 12.1 Å². The Balaban J connectivity index is 2.07. The van der Waals surface area contributed by atoms with Crippen molar-refractivity contribution in [3.8, 4) is 0 Å². The third-order valence-electron chi connectivity index (χ3n) is 2.52. The molecule has 19 heavy (non-hydrogen) atoms. The summed E-state index contributed by atoms with van der Waals surface area (Å²) in [5, 5.41) is 1.55. The number of hydrogen-bond donors (Lipinski definition) is 2. The van der Waals surface area contributed by atoms with Gasteiger partial charge in [0.15, 0.2) is 0 Å². The van der Waals surface area contributed by atoms with Gasteiger partial charge in [-0.15, -0.1) is 11.3 Å². The minimum absolute atomic E-state index is 0.121. The molecule has 0 aliphatic rings. The van der Waals surface area contributed by atoms with Crippen molar-refractivity contribution in [1.82, 2.24) is 4.72 Å². The molecule has 1 aromatic carbocycles. The van der Waals surface area contributed by atoms with Crippen LogP contribution in [-0.4, -0.2) is 8.42 Å². The topological polar surface area (TPSA) is 72.2 Å². The maximum Gasteiger partial charge on any atom is 0.241 e. The lowest BCUT2D eigenvalue weighted by Crippen LogP contribution is -2.22. The summed E-state index contributed by atoms with van der Waals surface area (Å²) in [5.74, 6) is -0.350. The highest BCUT2D eigenvalue weighted by molar-refractivity contribution is 7.89. The Labute approximate surface area is 115 Å². The van der Waals surface area contributed by atoms with Gasteiger partial charge in [0, 0.05) is 23.3 Å². The second-order valence-electron chi connectivity index (χ2n) is 3.90. The summed E-state index contributed by atoms with van der Waals surface area (Å²) in [6.45, 7) is 0.439. The van der Waals surface area contributed by atoms with E-state index in [9.17, 15) is 12.8 Å². The van der Waals surface area contributed by atoms with Gasteiger partial charge in [-0.25, -0.2) is 17.5 Å². The summed E-state index contributed by atoms with van der Waals surface area (Å²) in [6.07, 6.45) is 0. The van der Waals surface area contributed by atoms with Gasteiger partial charge in [0.2, 0.25) is 10.0 Å². The Morgan fingerprint density at radius 1 is 1.26 bits per heavy atom. The van der Waals surface area contributed by atoms with Gasteiger partial charge >= 0.3 is 0 Å². The molecule has 0 aliphatic carbocycles. The lowest BCUT2D eigenvalue weighted by Gasteiger charge is -2.05. The van der Waals surface area contributed by atoms with Gasteiger partial charge in [0.05, 0.1) is 4.90 Å². The number of thiophene rings is 1. The molecular weight excluding hydrogens is 287 g/mol. The summed E-state index contributed by atoms with van der Waals surface area (Å²) in [5.41, 5.74) is 6.14. The van der Waals surface area contributed by atoms with Crippen molar-refractivity contribution < 1.29 is 12.8 Å². The summed E-state index contributed by atoms with van der Waals surface area (Å²) >= 11 is 1.31. The van der Waals surface area contributed by atoms with E-state index in [1.165, 1.54) is 35.6 Å². The van der Waals surface area contributed by atoms with Crippen LogP contribution < -0.4 is 10.5 Å². The number of benzene rings is 1. The van der Waals surface area contributed by atoms with Crippen molar-refractivity contribution in [2.45, 2.75) is 18.0 Å². The minimum Gasteiger partial charge on any atom is -0.326 e. The van der Waals surface area contributed by atoms with Crippen LogP contribution in [-0.2, 0) is 23.1 Å². The summed E-state index contributed by atoms with van der Waals surface area (Å²) < 4.78 is 39.1. The van der Waals surface area contributed by atoms with Crippen LogP contribution in [0.2, 0.25) is 0 Å².